The van der Waals surface area contributed by atoms with Crippen molar-refractivity contribution in [3.63, 3.8) is 0 Å². The number of aryl methyl sites for hydroxylation is 1. The first kappa shape index (κ1) is 23.7. The molecule has 3 heterocycles. The van der Waals surface area contributed by atoms with E-state index in [-0.39, 0.29) is 23.6 Å². The van der Waals surface area contributed by atoms with E-state index in [2.05, 4.69) is 15.3 Å². The topological polar surface area (TPSA) is 98.7 Å². The first-order chi connectivity index (χ1) is 17.3. The molecule has 1 aliphatic heterocycles. The molecule has 0 aliphatic carbocycles. The highest BCUT2D eigenvalue weighted by Gasteiger charge is 2.22. The van der Waals surface area contributed by atoms with Gasteiger partial charge in [-0.3, -0.25) is 9.30 Å². The standard InChI is InChI=1S/C26H24F2N6O2/c1-14-8-18(25(35)33(2)3)22(28)9-17(14)20-12-31-26(34-13-15(10-29)32-24(20)34)30-11-19-16-6-7-36-23(16)5-4-21(19)27/h4-5,8-9,12-13,25,35H,6-7,11H2,1-3H3,(H,30,31). The van der Waals surface area contributed by atoms with E-state index in [1.807, 2.05) is 6.07 Å². The van der Waals surface area contributed by atoms with Crippen LogP contribution in [0.3, 0.4) is 0 Å². The summed E-state index contributed by atoms with van der Waals surface area (Å²) in [6, 6.07) is 7.97. The van der Waals surface area contributed by atoms with Crippen molar-refractivity contribution in [1.29, 1.82) is 5.26 Å². The summed E-state index contributed by atoms with van der Waals surface area (Å²) in [5, 5.41) is 22.9. The van der Waals surface area contributed by atoms with E-state index in [9.17, 15) is 19.1 Å². The number of aliphatic hydroxyl groups is 1. The van der Waals surface area contributed by atoms with Gasteiger partial charge in [-0.05, 0) is 56.4 Å². The summed E-state index contributed by atoms with van der Waals surface area (Å²) in [5.74, 6) is 0.127. The Hall–Kier alpha value is -4.07. The Balaban J connectivity index is 1.55. The van der Waals surface area contributed by atoms with Crippen LogP contribution in [0.2, 0.25) is 0 Å². The van der Waals surface area contributed by atoms with Crippen molar-refractivity contribution in [2.45, 2.75) is 26.1 Å². The molecule has 0 saturated carbocycles. The number of aromatic nitrogens is 3. The molecule has 1 aliphatic rings. The molecule has 36 heavy (non-hydrogen) atoms. The summed E-state index contributed by atoms with van der Waals surface area (Å²) < 4.78 is 36.7. The quantitative estimate of drug-likeness (QED) is 0.395. The lowest BCUT2D eigenvalue weighted by molar-refractivity contribution is 0.0364. The Kier molecular flexibility index (Phi) is 6.04. The van der Waals surface area contributed by atoms with Crippen LogP contribution in [0.1, 0.15) is 34.2 Å². The molecule has 0 amide bonds. The molecule has 2 N–H and O–H groups in total. The molecule has 5 rings (SSSR count). The number of anilines is 1. The van der Waals surface area contributed by atoms with E-state index in [4.69, 9.17) is 4.74 Å². The molecule has 10 heteroatoms. The van der Waals surface area contributed by atoms with Gasteiger partial charge in [-0.15, -0.1) is 0 Å². The second-order valence-corrected chi connectivity index (χ2v) is 8.91. The third-order valence-electron chi connectivity index (χ3n) is 6.37. The Morgan fingerprint density at radius 1 is 1.25 bits per heavy atom. The molecule has 0 saturated heterocycles. The van der Waals surface area contributed by atoms with Crippen LogP contribution in [0.4, 0.5) is 14.7 Å². The lowest BCUT2D eigenvalue weighted by Gasteiger charge is -2.21. The maximum atomic E-state index is 15.0. The van der Waals surface area contributed by atoms with Crippen LogP contribution >= 0.6 is 0 Å². The number of hydrogen-bond donors (Lipinski definition) is 2. The summed E-state index contributed by atoms with van der Waals surface area (Å²) in [7, 11) is 3.31. The monoisotopic (exact) mass is 490 g/mol. The molecule has 2 aromatic heterocycles. The van der Waals surface area contributed by atoms with Crippen molar-refractivity contribution in [3.8, 4) is 22.9 Å². The highest BCUT2D eigenvalue weighted by atomic mass is 19.1. The van der Waals surface area contributed by atoms with Crippen molar-refractivity contribution in [2.24, 2.45) is 0 Å². The summed E-state index contributed by atoms with van der Waals surface area (Å²) in [5.41, 5.74) is 3.79. The number of hydrogen-bond acceptors (Lipinski definition) is 7. The summed E-state index contributed by atoms with van der Waals surface area (Å²) in [4.78, 5) is 10.4. The molecule has 184 valence electrons. The number of benzene rings is 2. The largest absolute Gasteiger partial charge is 0.493 e. The molecule has 2 aromatic carbocycles. The van der Waals surface area contributed by atoms with Gasteiger partial charge in [0.1, 0.15) is 29.7 Å². The molecule has 8 nitrogen and oxygen atoms in total. The number of imidazole rings is 1. The van der Waals surface area contributed by atoms with Gasteiger partial charge in [0, 0.05) is 41.4 Å². The van der Waals surface area contributed by atoms with Crippen LogP contribution in [-0.2, 0) is 13.0 Å². The maximum Gasteiger partial charge on any atom is 0.208 e. The molecule has 0 bridgehead atoms. The third-order valence-corrected chi connectivity index (χ3v) is 6.37. The molecule has 0 radical (unpaired) electrons. The van der Waals surface area contributed by atoms with Gasteiger partial charge in [0.2, 0.25) is 5.95 Å². The smallest absolute Gasteiger partial charge is 0.208 e. The Morgan fingerprint density at radius 2 is 2.06 bits per heavy atom. The van der Waals surface area contributed by atoms with E-state index in [0.29, 0.717) is 52.6 Å². The zero-order valence-corrected chi connectivity index (χ0v) is 20.0. The number of nitrogens with zero attached hydrogens (tertiary/aromatic N) is 5. The predicted octanol–water partition coefficient (Wildman–Crippen LogP) is 3.95. The zero-order chi connectivity index (χ0) is 25.6. The summed E-state index contributed by atoms with van der Waals surface area (Å²) >= 11 is 0. The molecular weight excluding hydrogens is 466 g/mol. The average Bonchev–Trinajstić information content (AvgIpc) is 3.51. The highest BCUT2D eigenvalue weighted by Crippen LogP contribution is 2.33. The number of nitriles is 1. The minimum absolute atomic E-state index is 0.157. The minimum Gasteiger partial charge on any atom is -0.493 e. The van der Waals surface area contributed by atoms with Crippen molar-refractivity contribution in [2.75, 3.05) is 26.0 Å². The van der Waals surface area contributed by atoms with Gasteiger partial charge in [-0.25, -0.2) is 18.7 Å². The van der Waals surface area contributed by atoms with Crippen LogP contribution in [-0.4, -0.2) is 45.1 Å². The van der Waals surface area contributed by atoms with Gasteiger partial charge in [0.15, 0.2) is 11.3 Å². The van der Waals surface area contributed by atoms with Gasteiger partial charge in [-0.1, -0.05) is 0 Å². The highest BCUT2D eigenvalue weighted by molar-refractivity contribution is 5.80. The van der Waals surface area contributed by atoms with E-state index in [0.717, 1.165) is 5.56 Å². The molecule has 0 spiro atoms. The van der Waals surface area contributed by atoms with Gasteiger partial charge < -0.3 is 15.2 Å². The normalized spacial score (nSPS) is 13.5. The molecular formula is C26H24F2N6O2. The Labute approximate surface area is 206 Å². The molecule has 4 aromatic rings. The van der Waals surface area contributed by atoms with Crippen LogP contribution in [0, 0.1) is 29.9 Å². The second kappa shape index (κ2) is 9.18. The molecule has 0 fully saturated rings. The number of aliphatic hydroxyl groups excluding tert-OH is 1. The van der Waals surface area contributed by atoms with Crippen molar-refractivity contribution in [1.82, 2.24) is 19.3 Å². The number of ether oxygens (including phenoxy) is 1. The number of nitrogens with one attached hydrogen (secondary N) is 1. The van der Waals surface area contributed by atoms with E-state index in [1.165, 1.54) is 23.2 Å². The fourth-order valence-electron chi connectivity index (χ4n) is 4.50. The number of rotatable bonds is 6. The van der Waals surface area contributed by atoms with Crippen LogP contribution in [0.25, 0.3) is 16.8 Å². The molecule has 1 unspecified atom stereocenters. The Bertz CT molecular complexity index is 1530. The van der Waals surface area contributed by atoms with Crippen LogP contribution in [0.15, 0.2) is 36.7 Å². The lowest BCUT2D eigenvalue weighted by Crippen LogP contribution is -2.20. The fraction of sp³-hybridized carbons (Fsp3) is 0.269. The SMILES string of the molecule is Cc1cc(C(O)N(C)C)c(F)cc1-c1cnc(NCc2c(F)ccc3c2CCO3)n2cc(C#N)nc12. The van der Waals surface area contributed by atoms with E-state index in [1.54, 1.807) is 43.7 Å². The van der Waals surface area contributed by atoms with Gasteiger partial charge in [0.25, 0.3) is 0 Å². The van der Waals surface area contributed by atoms with Crippen molar-refractivity contribution < 1.29 is 18.6 Å². The predicted molar refractivity (Wildman–Crippen MR) is 129 cm³/mol. The first-order valence-corrected chi connectivity index (χ1v) is 11.4. The van der Waals surface area contributed by atoms with Gasteiger partial charge in [0.05, 0.1) is 12.8 Å². The number of fused-ring (bicyclic) bond motifs is 2. The van der Waals surface area contributed by atoms with Gasteiger partial charge >= 0.3 is 0 Å². The molecule has 1 atom stereocenters. The number of halogens is 2. The maximum absolute atomic E-state index is 15.0. The average molecular weight is 491 g/mol. The lowest BCUT2D eigenvalue weighted by atomic mass is 9.98. The zero-order valence-electron chi connectivity index (χ0n) is 20.0. The van der Waals surface area contributed by atoms with Crippen molar-refractivity contribution in [3.05, 3.63) is 76.2 Å². The van der Waals surface area contributed by atoms with Crippen LogP contribution in [0.5, 0.6) is 5.75 Å². The first-order valence-electron chi connectivity index (χ1n) is 11.4. The van der Waals surface area contributed by atoms with Crippen LogP contribution < -0.4 is 10.1 Å². The second-order valence-electron chi connectivity index (χ2n) is 8.91. The third kappa shape index (κ3) is 4.02. The Morgan fingerprint density at radius 3 is 2.81 bits per heavy atom. The van der Waals surface area contributed by atoms with E-state index < -0.39 is 12.0 Å². The van der Waals surface area contributed by atoms with Crippen molar-refractivity contribution >= 4 is 11.6 Å². The summed E-state index contributed by atoms with van der Waals surface area (Å²) in [6.07, 6.45) is 2.60. The fourth-order valence-corrected chi connectivity index (χ4v) is 4.50. The van der Waals surface area contributed by atoms with E-state index >= 15 is 0 Å². The minimum atomic E-state index is -1.09. The van der Waals surface area contributed by atoms with Gasteiger partial charge in [-0.2, -0.15) is 5.26 Å². The summed E-state index contributed by atoms with van der Waals surface area (Å²) in [6.45, 7) is 2.47.